The standard InChI is InChI=1S/C24H34N4O4/c1-14(2)12-19(28-22(29)17-9-5-6-10-18(17)23(28)30)24(31)27-11-7-8-16(13-27)20-25-21(15(3)4)32-26-20/h5-6,14-19H,7-13H2,1-4H3/t16-,17-,18-,19+/m0/s1. The highest BCUT2D eigenvalue weighted by Crippen LogP contribution is 2.38. The largest absolute Gasteiger partial charge is 0.340 e. The van der Waals surface area contributed by atoms with E-state index in [0.717, 1.165) is 12.8 Å². The molecule has 8 heteroatoms. The van der Waals surface area contributed by atoms with Crippen LogP contribution in [0.4, 0.5) is 0 Å². The van der Waals surface area contributed by atoms with Gasteiger partial charge in [-0.05, 0) is 38.0 Å². The summed E-state index contributed by atoms with van der Waals surface area (Å²) in [5.41, 5.74) is 0. The Labute approximate surface area is 189 Å². The number of hydrogen-bond acceptors (Lipinski definition) is 6. The molecule has 1 aromatic heterocycles. The lowest BCUT2D eigenvalue weighted by atomic mass is 9.85. The number of aromatic nitrogens is 2. The Morgan fingerprint density at radius 3 is 2.34 bits per heavy atom. The summed E-state index contributed by atoms with van der Waals surface area (Å²) in [6, 6.07) is -0.740. The molecule has 3 heterocycles. The molecule has 4 atom stereocenters. The summed E-state index contributed by atoms with van der Waals surface area (Å²) in [5.74, 6) is 0.422. The maximum absolute atomic E-state index is 13.7. The third-order valence-electron chi connectivity index (χ3n) is 6.88. The van der Waals surface area contributed by atoms with E-state index in [1.54, 1.807) is 4.90 Å². The lowest BCUT2D eigenvalue weighted by Gasteiger charge is -2.36. The molecule has 4 rings (SSSR count). The van der Waals surface area contributed by atoms with Crippen LogP contribution in [0.5, 0.6) is 0 Å². The van der Waals surface area contributed by atoms with Gasteiger partial charge >= 0.3 is 0 Å². The molecule has 174 valence electrons. The Bertz CT molecular complexity index is 880. The third kappa shape index (κ3) is 4.24. The lowest BCUT2D eigenvalue weighted by Crippen LogP contribution is -2.53. The van der Waals surface area contributed by atoms with Crippen molar-refractivity contribution in [1.82, 2.24) is 19.9 Å². The van der Waals surface area contributed by atoms with Gasteiger partial charge in [-0.3, -0.25) is 19.3 Å². The molecule has 0 unspecified atom stereocenters. The zero-order valence-electron chi connectivity index (χ0n) is 19.5. The molecule has 0 saturated carbocycles. The van der Waals surface area contributed by atoms with E-state index in [2.05, 4.69) is 10.1 Å². The number of fused-ring (bicyclic) bond motifs is 1. The van der Waals surface area contributed by atoms with Crippen LogP contribution in [-0.2, 0) is 14.4 Å². The van der Waals surface area contributed by atoms with Crippen LogP contribution in [0.1, 0.15) is 83.3 Å². The van der Waals surface area contributed by atoms with Crippen LogP contribution in [0.25, 0.3) is 0 Å². The summed E-state index contributed by atoms with van der Waals surface area (Å²) in [6.45, 7) is 9.14. The van der Waals surface area contributed by atoms with E-state index in [1.807, 2.05) is 39.8 Å². The third-order valence-corrected chi connectivity index (χ3v) is 6.88. The van der Waals surface area contributed by atoms with Gasteiger partial charge in [0.15, 0.2) is 5.82 Å². The first-order valence-electron chi connectivity index (χ1n) is 11.9. The molecule has 3 aliphatic rings. The van der Waals surface area contributed by atoms with E-state index in [-0.39, 0.29) is 47.3 Å². The van der Waals surface area contributed by atoms with E-state index in [1.165, 1.54) is 4.90 Å². The number of imide groups is 1. The van der Waals surface area contributed by atoms with Crippen LogP contribution in [0, 0.1) is 17.8 Å². The Hall–Kier alpha value is -2.51. The number of hydrogen-bond donors (Lipinski definition) is 0. The van der Waals surface area contributed by atoms with E-state index >= 15 is 0 Å². The van der Waals surface area contributed by atoms with Crippen LogP contribution in [0.2, 0.25) is 0 Å². The van der Waals surface area contributed by atoms with Gasteiger partial charge in [0, 0.05) is 24.9 Å². The smallest absolute Gasteiger partial charge is 0.245 e. The number of piperidine rings is 1. The van der Waals surface area contributed by atoms with Gasteiger partial charge in [-0.2, -0.15) is 4.98 Å². The Balaban J connectivity index is 1.53. The average molecular weight is 443 g/mol. The quantitative estimate of drug-likeness (QED) is 0.496. The summed E-state index contributed by atoms with van der Waals surface area (Å²) >= 11 is 0. The monoisotopic (exact) mass is 442 g/mol. The topological polar surface area (TPSA) is 96.6 Å². The number of nitrogens with zero attached hydrogens (tertiary/aromatic N) is 4. The van der Waals surface area contributed by atoms with Crippen LogP contribution in [0.3, 0.4) is 0 Å². The summed E-state index contributed by atoms with van der Waals surface area (Å²) < 4.78 is 5.37. The summed E-state index contributed by atoms with van der Waals surface area (Å²) in [5, 5.41) is 4.15. The second-order valence-corrected chi connectivity index (χ2v) is 10.1. The van der Waals surface area contributed by atoms with Crippen LogP contribution in [0.15, 0.2) is 16.7 Å². The lowest BCUT2D eigenvalue weighted by molar-refractivity contribution is -0.153. The highest BCUT2D eigenvalue weighted by atomic mass is 16.5. The molecule has 0 N–H and O–H groups in total. The highest BCUT2D eigenvalue weighted by molar-refractivity contribution is 6.08. The first-order chi connectivity index (χ1) is 15.3. The minimum Gasteiger partial charge on any atom is -0.340 e. The van der Waals surface area contributed by atoms with Gasteiger partial charge in [0.1, 0.15) is 6.04 Å². The molecule has 2 aliphatic heterocycles. The predicted octanol–water partition coefficient (Wildman–Crippen LogP) is 3.26. The van der Waals surface area contributed by atoms with Crippen LogP contribution >= 0.6 is 0 Å². The fourth-order valence-electron chi connectivity index (χ4n) is 5.14. The van der Waals surface area contributed by atoms with Crippen LogP contribution < -0.4 is 0 Å². The van der Waals surface area contributed by atoms with Crippen molar-refractivity contribution in [2.45, 2.75) is 77.7 Å². The first-order valence-corrected chi connectivity index (χ1v) is 11.9. The van der Waals surface area contributed by atoms with Crippen molar-refractivity contribution in [2.24, 2.45) is 17.8 Å². The van der Waals surface area contributed by atoms with Gasteiger partial charge in [-0.15, -0.1) is 0 Å². The van der Waals surface area contributed by atoms with Crippen LogP contribution in [-0.4, -0.2) is 56.8 Å². The molecule has 32 heavy (non-hydrogen) atoms. The minimum atomic E-state index is -0.740. The summed E-state index contributed by atoms with van der Waals surface area (Å²) in [4.78, 5) is 47.7. The number of likely N-dealkylation sites (tertiary alicyclic amines) is 2. The Morgan fingerprint density at radius 1 is 1.12 bits per heavy atom. The fourth-order valence-corrected chi connectivity index (χ4v) is 5.14. The van der Waals surface area contributed by atoms with E-state index in [9.17, 15) is 14.4 Å². The van der Waals surface area contributed by atoms with Gasteiger partial charge < -0.3 is 9.42 Å². The second kappa shape index (κ2) is 9.16. The maximum Gasteiger partial charge on any atom is 0.245 e. The highest BCUT2D eigenvalue weighted by Gasteiger charge is 2.52. The van der Waals surface area contributed by atoms with Gasteiger partial charge in [0.25, 0.3) is 0 Å². The van der Waals surface area contributed by atoms with Crippen molar-refractivity contribution in [2.75, 3.05) is 13.1 Å². The second-order valence-electron chi connectivity index (χ2n) is 10.1. The van der Waals surface area contributed by atoms with Crippen molar-refractivity contribution in [3.05, 3.63) is 23.9 Å². The van der Waals surface area contributed by atoms with E-state index < -0.39 is 6.04 Å². The Morgan fingerprint density at radius 2 is 1.78 bits per heavy atom. The van der Waals surface area contributed by atoms with Gasteiger partial charge in [-0.25, -0.2) is 0 Å². The summed E-state index contributed by atoms with van der Waals surface area (Å²) in [6.07, 6.45) is 7.29. The number of rotatable bonds is 6. The molecule has 2 fully saturated rings. The molecular formula is C24H34N4O4. The van der Waals surface area contributed by atoms with Crippen molar-refractivity contribution >= 4 is 17.7 Å². The zero-order valence-corrected chi connectivity index (χ0v) is 19.5. The number of carbonyl (C=O) groups excluding carboxylic acids is 3. The molecule has 2 saturated heterocycles. The number of allylic oxidation sites excluding steroid dienone is 2. The molecule has 0 spiro atoms. The van der Waals surface area contributed by atoms with Crippen molar-refractivity contribution in [3.8, 4) is 0 Å². The zero-order chi connectivity index (χ0) is 23.0. The normalized spacial score (nSPS) is 26.9. The molecule has 0 bridgehead atoms. The van der Waals surface area contributed by atoms with Gasteiger partial charge in [0.05, 0.1) is 11.8 Å². The van der Waals surface area contributed by atoms with E-state index in [0.29, 0.717) is 44.1 Å². The number of amides is 3. The minimum absolute atomic E-state index is 0.000381. The molecule has 0 radical (unpaired) electrons. The van der Waals surface area contributed by atoms with Crippen molar-refractivity contribution in [3.63, 3.8) is 0 Å². The molecular weight excluding hydrogens is 408 g/mol. The Kier molecular flexibility index (Phi) is 6.49. The van der Waals surface area contributed by atoms with E-state index in [4.69, 9.17) is 4.52 Å². The summed E-state index contributed by atoms with van der Waals surface area (Å²) in [7, 11) is 0. The van der Waals surface area contributed by atoms with Crippen molar-refractivity contribution in [1.29, 1.82) is 0 Å². The van der Waals surface area contributed by atoms with Gasteiger partial charge in [-0.1, -0.05) is 45.0 Å². The molecule has 8 nitrogen and oxygen atoms in total. The SMILES string of the molecule is CC(C)C[C@H](C(=O)N1CCC[C@H](c2noc(C(C)C)n2)C1)N1C(=O)[C@H]2CC=CC[C@@H]2C1=O. The maximum atomic E-state index is 13.7. The van der Waals surface area contributed by atoms with Gasteiger partial charge in [0.2, 0.25) is 23.6 Å². The van der Waals surface area contributed by atoms with Crippen molar-refractivity contribution < 1.29 is 18.9 Å². The average Bonchev–Trinajstić information content (AvgIpc) is 3.37. The molecule has 0 aromatic carbocycles. The number of carbonyl (C=O) groups is 3. The predicted molar refractivity (Wildman–Crippen MR) is 117 cm³/mol. The fraction of sp³-hybridized carbons (Fsp3) is 0.708. The molecule has 3 amide bonds. The first kappa shape index (κ1) is 22.7. The molecule has 1 aromatic rings. The molecule has 1 aliphatic carbocycles.